The quantitative estimate of drug-likeness (QED) is 0.585. The summed E-state index contributed by atoms with van der Waals surface area (Å²) < 4.78 is 0. The Balaban J connectivity index is 3.19. The molecule has 0 spiro atoms. The van der Waals surface area contributed by atoms with Crippen LogP contribution in [0.2, 0.25) is 0 Å². The van der Waals surface area contributed by atoms with Crippen LogP contribution < -0.4 is 0 Å². The summed E-state index contributed by atoms with van der Waals surface area (Å²) in [5, 5.41) is 0.755. The zero-order valence-corrected chi connectivity index (χ0v) is 9.75. The zero-order chi connectivity index (χ0) is 10.4. The standard InChI is InChI=1S/C11H17ClO/c1-7-8(13)6-11(5,9(7)12)10(2,3)4/h6H2,1-5H3. The first-order valence-electron chi connectivity index (χ1n) is 4.60. The summed E-state index contributed by atoms with van der Waals surface area (Å²) >= 11 is 6.21. The van der Waals surface area contributed by atoms with Gasteiger partial charge < -0.3 is 0 Å². The smallest absolute Gasteiger partial charge is 0.160 e. The molecule has 1 aliphatic rings. The fourth-order valence-corrected chi connectivity index (χ4v) is 2.12. The molecule has 0 aromatic heterocycles. The Bertz CT molecular complexity index is 283. The van der Waals surface area contributed by atoms with E-state index in [-0.39, 0.29) is 16.6 Å². The highest BCUT2D eigenvalue weighted by Gasteiger charge is 2.47. The van der Waals surface area contributed by atoms with Gasteiger partial charge in [0.1, 0.15) is 0 Å². The predicted octanol–water partition coefficient (Wildman–Crippen LogP) is 3.52. The Morgan fingerprint density at radius 2 is 1.85 bits per heavy atom. The first kappa shape index (κ1) is 10.8. The highest BCUT2D eigenvalue weighted by Crippen LogP contribution is 2.53. The number of Topliss-reactive ketones (excluding diaryl/α,β-unsaturated/α-hetero) is 1. The Morgan fingerprint density at radius 1 is 1.38 bits per heavy atom. The Hall–Kier alpha value is -0.300. The van der Waals surface area contributed by atoms with Gasteiger partial charge in [-0.15, -0.1) is 0 Å². The molecule has 0 aromatic carbocycles. The van der Waals surface area contributed by atoms with Crippen LogP contribution in [0.4, 0.5) is 0 Å². The minimum atomic E-state index is -0.171. The lowest BCUT2D eigenvalue weighted by Crippen LogP contribution is -2.31. The minimum absolute atomic E-state index is 0.0392. The molecule has 0 aliphatic heterocycles. The van der Waals surface area contributed by atoms with Gasteiger partial charge in [-0.05, 0) is 12.3 Å². The topological polar surface area (TPSA) is 17.1 Å². The molecule has 1 atom stereocenters. The van der Waals surface area contributed by atoms with Crippen molar-refractivity contribution in [2.75, 3.05) is 0 Å². The van der Waals surface area contributed by atoms with E-state index in [1.165, 1.54) is 0 Å². The van der Waals surface area contributed by atoms with E-state index in [1.54, 1.807) is 0 Å². The fourth-order valence-electron chi connectivity index (χ4n) is 1.66. The van der Waals surface area contributed by atoms with E-state index >= 15 is 0 Å². The van der Waals surface area contributed by atoms with Gasteiger partial charge in [0.15, 0.2) is 5.78 Å². The van der Waals surface area contributed by atoms with Gasteiger partial charge in [-0.2, -0.15) is 0 Å². The molecular weight excluding hydrogens is 184 g/mol. The van der Waals surface area contributed by atoms with Gasteiger partial charge in [-0.25, -0.2) is 0 Å². The third-order valence-corrected chi connectivity index (χ3v) is 4.10. The van der Waals surface area contributed by atoms with E-state index in [4.69, 9.17) is 11.6 Å². The number of hydrogen-bond acceptors (Lipinski definition) is 1. The fraction of sp³-hybridized carbons (Fsp3) is 0.727. The molecule has 0 aromatic rings. The van der Waals surface area contributed by atoms with Crippen LogP contribution in [0.5, 0.6) is 0 Å². The monoisotopic (exact) mass is 200 g/mol. The van der Waals surface area contributed by atoms with Crippen molar-refractivity contribution in [3.63, 3.8) is 0 Å². The van der Waals surface area contributed by atoms with Crippen molar-refractivity contribution in [3.05, 3.63) is 10.6 Å². The third-order valence-electron chi connectivity index (χ3n) is 3.40. The van der Waals surface area contributed by atoms with Crippen LogP contribution in [0.1, 0.15) is 41.0 Å². The van der Waals surface area contributed by atoms with Crippen molar-refractivity contribution in [1.82, 2.24) is 0 Å². The normalized spacial score (nSPS) is 30.2. The average molecular weight is 201 g/mol. The first-order chi connectivity index (χ1) is 5.70. The molecule has 1 aliphatic carbocycles. The van der Waals surface area contributed by atoms with Crippen LogP contribution in [0.3, 0.4) is 0 Å². The highest BCUT2D eigenvalue weighted by atomic mass is 35.5. The Kier molecular flexibility index (Phi) is 2.36. The highest BCUT2D eigenvalue weighted by molar-refractivity contribution is 6.34. The third kappa shape index (κ3) is 1.43. The maximum atomic E-state index is 11.5. The van der Waals surface area contributed by atoms with Gasteiger partial charge in [-0.1, -0.05) is 39.3 Å². The number of rotatable bonds is 0. The number of halogens is 1. The average Bonchev–Trinajstić information content (AvgIpc) is 2.15. The van der Waals surface area contributed by atoms with Crippen molar-refractivity contribution < 1.29 is 4.79 Å². The molecule has 0 heterocycles. The summed E-state index contributed by atoms with van der Waals surface area (Å²) in [4.78, 5) is 11.5. The number of carbonyl (C=O) groups excluding carboxylic acids is 1. The second-order valence-electron chi connectivity index (χ2n) is 5.12. The minimum Gasteiger partial charge on any atom is -0.294 e. The van der Waals surface area contributed by atoms with Gasteiger partial charge in [0.05, 0.1) is 0 Å². The summed E-state index contributed by atoms with van der Waals surface area (Å²) in [6.45, 7) is 10.3. The lowest BCUT2D eigenvalue weighted by Gasteiger charge is -2.38. The molecular formula is C11H17ClO. The maximum Gasteiger partial charge on any atom is 0.160 e. The molecule has 0 bridgehead atoms. The molecule has 0 N–H and O–H groups in total. The van der Waals surface area contributed by atoms with E-state index in [9.17, 15) is 4.79 Å². The summed E-state index contributed by atoms with van der Waals surface area (Å²) in [6, 6.07) is 0. The van der Waals surface area contributed by atoms with Crippen molar-refractivity contribution in [1.29, 1.82) is 0 Å². The van der Waals surface area contributed by atoms with E-state index in [1.807, 2.05) is 6.92 Å². The molecule has 1 nitrogen and oxygen atoms in total. The van der Waals surface area contributed by atoms with Crippen molar-refractivity contribution in [2.24, 2.45) is 10.8 Å². The van der Waals surface area contributed by atoms with Crippen LogP contribution in [0, 0.1) is 10.8 Å². The molecule has 2 heteroatoms. The summed E-state index contributed by atoms with van der Waals surface area (Å²) in [7, 11) is 0. The molecule has 0 radical (unpaired) electrons. The molecule has 13 heavy (non-hydrogen) atoms. The van der Waals surface area contributed by atoms with E-state index in [2.05, 4.69) is 27.7 Å². The summed E-state index contributed by atoms with van der Waals surface area (Å²) in [6.07, 6.45) is 0.557. The lowest BCUT2D eigenvalue weighted by atomic mass is 9.67. The van der Waals surface area contributed by atoms with Crippen LogP contribution in [0.25, 0.3) is 0 Å². The summed E-state index contributed by atoms with van der Waals surface area (Å²) in [5.41, 5.74) is 0.617. The van der Waals surface area contributed by atoms with E-state index in [0.717, 1.165) is 10.6 Å². The van der Waals surface area contributed by atoms with Crippen LogP contribution in [-0.2, 0) is 4.79 Å². The van der Waals surface area contributed by atoms with E-state index in [0.29, 0.717) is 6.42 Å². The lowest BCUT2D eigenvalue weighted by molar-refractivity contribution is -0.116. The van der Waals surface area contributed by atoms with Crippen LogP contribution in [0.15, 0.2) is 10.6 Å². The number of hydrogen-bond donors (Lipinski definition) is 0. The SMILES string of the molecule is CC1=C(Cl)C(C)(C(C)(C)C)CC1=O. The molecule has 74 valence electrons. The van der Waals surface area contributed by atoms with Crippen molar-refractivity contribution in [3.8, 4) is 0 Å². The van der Waals surface area contributed by atoms with Crippen LogP contribution in [-0.4, -0.2) is 5.78 Å². The molecule has 1 unspecified atom stereocenters. The molecule has 0 amide bonds. The van der Waals surface area contributed by atoms with Gasteiger partial charge in [0, 0.05) is 22.4 Å². The molecule has 0 saturated carbocycles. The van der Waals surface area contributed by atoms with Gasteiger partial charge >= 0.3 is 0 Å². The van der Waals surface area contributed by atoms with E-state index < -0.39 is 0 Å². The Morgan fingerprint density at radius 3 is 2.00 bits per heavy atom. The van der Waals surface area contributed by atoms with Crippen molar-refractivity contribution in [2.45, 2.75) is 41.0 Å². The number of allylic oxidation sites excluding steroid dienone is 2. The number of carbonyl (C=O) groups is 1. The largest absolute Gasteiger partial charge is 0.294 e. The van der Waals surface area contributed by atoms with Gasteiger partial charge in [-0.3, -0.25) is 4.79 Å². The molecule has 1 rings (SSSR count). The second kappa shape index (κ2) is 2.84. The van der Waals surface area contributed by atoms with Crippen molar-refractivity contribution >= 4 is 17.4 Å². The van der Waals surface area contributed by atoms with Gasteiger partial charge in [0.25, 0.3) is 0 Å². The second-order valence-corrected chi connectivity index (χ2v) is 5.50. The first-order valence-corrected chi connectivity index (χ1v) is 4.98. The van der Waals surface area contributed by atoms with Crippen LogP contribution >= 0.6 is 11.6 Å². The maximum absolute atomic E-state index is 11.5. The zero-order valence-electron chi connectivity index (χ0n) is 8.99. The molecule has 0 saturated heterocycles. The van der Waals surface area contributed by atoms with Gasteiger partial charge in [0.2, 0.25) is 0 Å². The summed E-state index contributed by atoms with van der Waals surface area (Å²) in [5.74, 6) is 0.197. The predicted molar refractivity (Wildman–Crippen MR) is 55.7 cm³/mol. The molecule has 0 fully saturated rings. The Labute approximate surface area is 85.2 Å². The number of ketones is 1.